The fourth-order valence-electron chi connectivity index (χ4n) is 2.80. The Kier molecular flexibility index (Phi) is 5.16. The smallest absolute Gasteiger partial charge is 0.181 e. The van der Waals surface area contributed by atoms with Gasteiger partial charge >= 0.3 is 0 Å². The molecule has 142 valence electrons. The van der Waals surface area contributed by atoms with Crippen molar-refractivity contribution in [2.24, 2.45) is 0 Å². The van der Waals surface area contributed by atoms with Crippen LogP contribution in [-0.4, -0.2) is 41.5 Å². The molecule has 27 heavy (non-hydrogen) atoms. The maximum Gasteiger partial charge on any atom is 0.181 e. The summed E-state index contributed by atoms with van der Waals surface area (Å²) in [6.45, 7) is 4.03. The summed E-state index contributed by atoms with van der Waals surface area (Å²) < 4.78 is 17.6. The van der Waals surface area contributed by atoms with Crippen molar-refractivity contribution in [2.75, 3.05) is 26.6 Å². The van der Waals surface area contributed by atoms with Crippen molar-refractivity contribution in [1.29, 1.82) is 0 Å². The van der Waals surface area contributed by atoms with Gasteiger partial charge in [0.1, 0.15) is 5.75 Å². The van der Waals surface area contributed by atoms with Crippen molar-refractivity contribution in [3.05, 3.63) is 48.3 Å². The summed E-state index contributed by atoms with van der Waals surface area (Å²) >= 11 is 0. The Balaban J connectivity index is 1.92. The molecule has 1 N–H and O–H groups in total. The molecule has 0 saturated carbocycles. The van der Waals surface area contributed by atoms with Crippen LogP contribution in [0.5, 0.6) is 17.2 Å². The molecule has 2 aromatic carbocycles. The molecule has 3 rings (SSSR count). The summed E-state index contributed by atoms with van der Waals surface area (Å²) in [4.78, 5) is 0. The molecule has 8 heteroatoms. The third-order valence-corrected chi connectivity index (χ3v) is 4.19. The lowest BCUT2D eigenvalue weighted by molar-refractivity contribution is 0.354. The number of nitrogens with one attached hydrogen (secondary N) is 1. The maximum atomic E-state index is 5.38. The largest absolute Gasteiger partial charge is 0.497 e. The lowest BCUT2D eigenvalue weighted by Crippen LogP contribution is -2.31. The van der Waals surface area contributed by atoms with E-state index < -0.39 is 5.54 Å². The van der Waals surface area contributed by atoms with Gasteiger partial charge in [-0.1, -0.05) is 0 Å². The predicted octanol–water partition coefficient (Wildman–Crippen LogP) is 3.04. The lowest BCUT2D eigenvalue weighted by Gasteiger charge is -2.26. The molecule has 0 radical (unpaired) electrons. The van der Waals surface area contributed by atoms with E-state index >= 15 is 0 Å². The molecule has 0 saturated heterocycles. The van der Waals surface area contributed by atoms with Gasteiger partial charge in [0.25, 0.3) is 0 Å². The normalized spacial score (nSPS) is 11.1. The van der Waals surface area contributed by atoms with Crippen LogP contribution in [-0.2, 0) is 5.54 Å². The summed E-state index contributed by atoms with van der Waals surface area (Å²) in [5.74, 6) is 2.71. The van der Waals surface area contributed by atoms with E-state index in [1.165, 1.54) is 0 Å². The zero-order chi connectivity index (χ0) is 19.4. The Bertz CT molecular complexity index is 906. The molecule has 0 aliphatic rings. The van der Waals surface area contributed by atoms with Crippen LogP contribution in [0.25, 0.3) is 5.69 Å². The fraction of sp³-hybridized carbons (Fsp3) is 0.316. The SMILES string of the molecule is COc1ccc(NC(C)(C)c2nnnn2-c2ccc(OC)c(OC)c2)cc1. The number of anilines is 1. The minimum atomic E-state index is -0.536. The van der Waals surface area contributed by atoms with Crippen molar-refractivity contribution in [2.45, 2.75) is 19.4 Å². The van der Waals surface area contributed by atoms with Gasteiger partial charge < -0.3 is 19.5 Å². The van der Waals surface area contributed by atoms with E-state index in [0.29, 0.717) is 17.3 Å². The van der Waals surface area contributed by atoms with Crippen LogP contribution in [0, 0.1) is 0 Å². The van der Waals surface area contributed by atoms with Crippen LogP contribution >= 0.6 is 0 Å². The van der Waals surface area contributed by atoms with Gasteiger partial charge in [-0.3, -0.25) is 0 Å². The molecule has 0 aliphatic heterocycles. The number of ether oxygens (including phenoxy) is 3. The van der Waals surface area contributed by atoms with Crippen molar-refractivity contribution in [1.82, 2.24) is 20.2 Å². The number of aromatic nitrogens is 4. The van der Waals surface area contributed by atoms with Gasteiger partial charge in [0, 0.05) is 11.8 Å². The Hall–Kier alpha value is -3.29. The highest BCUT2D eigenvalue weighted by Gasteiger charge is 2.28. The summed E-state index contributed by atoms with van der Waals surface area (Å²) in [7, 11) is 4.84. The van der Waals surface area contributed by atoms with E-state index in [1.54, 1.807) is 26.0 Å². The molecule has 0 spiro atoms. The van der Waals surface area contributed by atoms with E-state index in [1.807, 2.05) is 56.3 Å². The first-order valence-electron chi connectivity index (χ1n) is 8.42. The molecule has 0 unspecified atom stereocenters. The number of benzene rings is 2. The lowest BCUT2D eigenvalue weighted by atomic mass is 10.0. The number of hydrogen-bond acceptors (Lipinski definition) is 7. The summed E-state index contributed by atoms with van der Waals surface area (Å²) in [5, 5.41) is 15.7. The van der Waals surface area contributed by atoms with Crippen LogP contribution < -0.4 is 19.5 Å². The molecule has 0 fully saturated rings. The monoisotopic (exact) mass is 369 g/mol. The quantitative estimate of drug-likeness (QED) is 0.685. The third-order valence-electron chi connectivity index (χ3n) is 4.19. The van der Waals surface area contributed by atoms with Crippen LogP contribution in [0.1, 0.15) is 19.7 Å². The molecule has 8 nitrogen and oxygen atoms in total. The second kappa shape index (κ2) is 7.53. The topological polar surface area (TPSA) is 83.3 Å². The first kappa shape index (κ1) is 18.5. The van der Waals surface area contributed by atoms with Gasteiger partial charge in [0.2, 0.25) is 0 Å². The Morgan fingerprint density at radius 1 is 0.889 bits per heavy atom. The van der Waals surface area contributed by atoms with E-state index in [2.05, 4.69) is 20.8 Å². The minimum Gasteiger partial charge on any atom is -0.497 e. The van der Waals surface area contributed by atoms with E-state index in [0.717, 1.165) is 17.1 Å². The molecule has 0 aliphatic carbocycles. The van der Waals surface area contributed by atoms with Gasteiger partial charge in [-0.05, 0) is 60.7 Å². The number of hydrogen-bond donors (Lipinski definition) is 1. The first-order chi connectivity index (χ1) is 13.0. The van der Waals surface area contributed by atoms with Gasteiger partial charge in [0.15, 0.2) is 17.3 Å². The van der Waals surface area contributed by atoms with Crippen molar-refractivity contribution in [3.63, 3.8) is 0 Å². The average Bonchev–Trinajstić information content (AvgIpc) is 3.18. The predicted molar refractivity (Wildman–Crippen MR) is 102 cm³/mol. The van der Waals surface area contributed by atoms with Crippen molar-refractivity contribution >= 4 is 5.69 Å². The van der Waals surface area contributed by atoms with Crippen LogP contribution in [0.2, 0.25) is 0 Å². The molecule has 0 bridgehead atoms. The zero-order valence-electron chi connectivity index (χ0n) is 16.1. The van der Waals surface area contributed by atoms with Gasteiger partial charge in [-0.15, -0.1) is 5.10 Å². The van der Waals surface area contributed by atoms with E-state index in [4.69, 9.17) is 14.2 Å². The summed E-state index contributed by atoms with van der Waals surface area (Å²) in [6, 6.07) is 13.2. The number of methoxy groups -OCH3 is 3. The fourth-order valence-corrected chi connectivity index (χ4v) is 2.80. The van der Waals surface area contributed by atoms with E-state index in [9.17, 15) is 0 Å². The number of nitrogens with zero attached hydrogens (tertiary/aromatic N) is 4. The van der Waals surface area contributed by atoms with E-state index in [-0.39, 0.29) is 0 Å². The summed E-state index contributed by atoms with van der Waals surface area (Å²) in [6.07, 6.45) is 0. The second-order valence-electron chi connectivity index (χ2n) is 6.43. The molecule has 0 amide bonds. The Morgan fingerprint density at radius 3 is 2.22 bits per heavy atom. The third kappa shape index (κ3) is 3.79. The number of tetrazole rings is 1. The second-order valence-corrected chi connectivity index (χ2v) is 6.43. The highest BCUT2D eigenvalue weighted by molar-refractivity contribution is 5.51. The first-order valence-corrected chi connectivity index (χ1v) is 8.42. The summed E-state index contributed by atoms with van der Waals surface area (Å²) in [5.41, 5.74) is 1.17. The van der Waals surface area contributed by atoms with Gasteiger partial charge in [-0.2, -0.15) is 4.68 Å². The minimum absolute atomic E-state index is 0.536. The van der Waals surface area contributed by atoms with Crippen LogP contribution in [0.4, 0.5) is 5.69 Å². The average molecular weight is 369 g/mol. The molecule has 1 heterocycles. The molecular weight excluding hydrogens is 346 g/mol. The van der Waals surface area contributed by atoms with Gasteiger partial charge in [0.05, 0.1) is 32.6 Å². The highest BCUT2D eigenvalue weighted by atomic mass is 16.5. The van der Waals surface area contributed by atoms with Crippen molar-refractivity contribution in [3.8, 4) is 22.9 Å². The molecule has 0 atom stereocenters. The highest BCUT2D eigenvalue weighted by Crippen LogP contribution is 2.31. The van der Waals surface area contributed by atoms with Crippen LogP contribution in [0.3, 0.4) is 0 Å². The molecule has 3 aromatic rings. The standard InChI is InChI=1S/C19H23N5O3/c1-19(2,20-13-6-9-15(25-3)10-7-13)18-21-22-23-24(18)14-8-11-16(26-4)17(12-14)27-5/h6-12,20H,1-5H3. The Morgan fingerprint density at radius 2 is 1.59 bits per heavy atom. The van der Waals surface area contributed by atoms with Gasteiger partial charge in [-0.25, -0.2) is 0 Å². The van der Waals surface area contributed by atoms with Crippen molar-refractivity contribution < 1.29 is 14.2 Å². The van der Waals surface area contributed by atoms with Crippen LogP contribution in [0.15, 0.2) is 42.5 Å². The zero-order valence-corrected chi connectivity index (χ0v) is 16.1. The Labute approximate surface area is 158 Å². The maximum absolute atomic E-state index is 5.38. The molecular formula is C19H23N5O3. The molecule has 1 aromatic heterocycles. The number of rotatable bonds is 7.